The Morgan fingerprint density at radius 3 is 2.70 bits per heavy atom. The second-order valence-corrected chi connectivity index (χ2v) is 5.04. The highest BCUT2D eigenvalue weighted by molar-refractivity contribution is 6.31. The Bertz CT molecular complexity index is 609. The van der Waals surface area contributed by atoms with E-state index in [0.29, 0.717) is 16.7 Å². The highest BCUT2D eigenvalue weighted by Crippen LogP contribution is 2.31. The summed E-state index contributed by atoms with van der Waals surface area (Å²) in [6.45, 7) is 7.55. The second kappa shape index (κ2) is 6.24. The number of aromatic nitrogens is 3. The zero-order valence-corrected chi connectivity index (χ0v) is 13.0. The van der Waals surface area contributed by atoms with Crippen molar-refractivity contribution in [3.8, 4) is 11.6 Å². The molecule has 0 spiro atoms. The molecular weight excluding hydrogens is 276 g/mol. The molecule has 108 valence electrons. The van der Waals surface area contributed by atoms with E-state index in [-0.39, 0.29) is 0 Å². The predicted molar refractivity (Wildman–Crippen MR) is 79.4 cm³/mol. The van der Waals surface area contributed by atoms with Gasteiger partial charge in [-0.1, -0.05) is 18.5 Å². The van der Waals surface area contributed by atoms with Crippen molar-refractivity contribution in [3.05, 3.63) is 34.2 Å². The van der Waals surface area contributed by atoms with Gasteiger partial charge in [0.05, 0.1) is 5.69 Å². The second-order valence-electron chi connectivity index (χ2n) is 4.64. The molecule has 0 aliphatic heterocycles. The summed E-state index contributed by atoms with van der Waals surface area (Å²) in [6.07, 6.45) is 1.77. The van der Waals surface area contributed by atoms with Crippen molar-refractivity contribution < 1.29 is 4.74 Å². The van der Waals surface area contributed by atoms with Gasteiger partial charge in [-0.2, -0.15) is 5.10 Å². The van der Waals surface area contributed by atoms with Crippen molar-refractivity contribution in [2.45, 2.75) is 27.3 Å². The van der Waals surface area contributed by atoms with E-state index in [0.717, 1.165) is 30.0 Å². The molecule has 2 aromatic rings. The van der Waals surface area contributed by atoms with Crippen LogP contribution in [0.4, 0.5) is 0 Å². The Kier molecular flexibility index (Phi) is 4.62. The van der Waals surface area contributed by atoms with E-state index in [9.17, 15) is 0 Å². The number of halogens is 1. The number of nitrogens with zero attached hydrogens (tertiary/aromatic N) is 3. The molecule has 20 heavy (non-hydrogen) atoms. The molecule has 2 heterocycles. The monoisotopic (exact) mass is 294 g/mol. The summed E-state index contributed by atoms with van der Waals surface area (Å²) in [5.41, 5.74) is 2.79. The van der Waals surface area contributed by atoms with Gasteiger partial charge >= 0.3 is 0 Å². The minimum atomic E-state index is 0.408. The standard InChI is InChI=1S/C14H19ClN4O/c1-5-16-7-11-6-12(15)14(17-8-11)20-13-9(2)18-19(4)10(13)3/h6,8,16H,5,7H2,1-4H3. The maximum absolute atomic E-state index is 6.23. The minimum absolute atomic E-state index is 0.408. The highest BCUT2D eigenvalue weighted by Gasteiger charge is 2.14. The summed E-state index contributed by atoms with van der Waals surface area (Å²) in [6, 6.07) is 1.87. The Labute approximate surface area is 123 Å². The molecule has 2 aromatic heterocycles. The molecule has 1 N–H and O–H groups in total. The zero-order chi connectivity index (χ0) is 14.7. The van der Waals surface area contributed by atoms with Crippen LogP contribution in [-0.4, -0.2) is 21.3 Å². The van der Waals surface area contributed by atoms with E-state index in [1.54, 1.807) is 10.9 Å². The van der Waals surface area contributed by atoms with Gasteiger partial charge < -0.3 is 10.1 Å². The highest BCUT2D eigenvalue weighted by atomic mass is 35.5. The minimum Gasteiger partial charge on any atom is -0.434 e. The van der Waals surface area contributed by atoms with E-state index in [2.05, 4.69) is 22.3 Å². The van der Waals surface area contributed by atoms with Gasteiger partial charge in [-0.05, 0) is 32.0 Å². The molecule has 5 nitrogen and oxygen atoms in total. The molecule has 0 aromatic carbocycles. The lowest BCUT2D eigenvalue weighted by molar-refractivity contribution is 0.455. The lowest BCUT2D eigenvalue weighted by Gasteiger charge is -2.08. The molecular formula is C14H19ClN4O. The van der Waals surface area contributed by atoms with Gasteiger partial charge in [-0.15, -0.1) is 0 Å². The lowest BCUT2D eigenvalue weighted by atomic mass is 10.3. The van der Waals surface area contributed by atoms with Crippen LogP contribution in [0.2, 0.25) is 5.02 Å². The molecule has 0 amide bonds. The fourth-order valence-corrected chi connectivity index (χ4v) is 2.13. The number of rotatable bonds is 5. The first kappa shape index (κ1) is 14.8. The fraction of sp³-hybridized carbons (Fsp3) is 0.429. The summed E-state index contributed by atoms with van der Waals surface area (Å²) in [4.78, 5) is 4.29. The van der Waals surface area contributed by atoms with Crippen LogP contribution in [0.15, 0.2) is 12.3 Å². The normalized spacial score (nSPS) is 10.8. The van der Waals surface area contributed by atoms with E-state index in [1.807, 2.05) is 27.0 Å². The van der Waals surface area contributed by atoms with Crippen molar-refractivity contribution in [1.29, 1.82) is 0 Å². The molecule has 0 saturated carbocycles. The number of aryl methyl sites for hydroxylation is 2. The summed E-state index contributed by atoms with van der Waals surface area (Å²) in [7, 11) is 1.88. The van der Waals surface area contributed by atoms with E-state index in [1.165, 1.54) is 0 Å². The number of hydrogen-bond acceptors (Lipinski definition) is 4. The molecule has 0 radical (unpaired) electrons. The zero-order valence-electron chi connectivity index (χ0n) is 12.2. The van der Waals surface area contributed by atoms with Crippen molar-refractivity contribution in [1.82, 2.24) is 20.1 Å². The molecule has 0 aliphatic rings. The van der Waals surface area contributed by atoms with Crippen LogP contribution in [0, 0.1) is 13.8 Å². The summed E-state index contributed by atoms with van der Waals surface area (Å²) >= 11 is 6.23. The molecule has 0 atom stereocenters. The molecule has 0 fully saturated rings. The van der Waals surface area contributed by atoms with Crippen molar-refractivity contribution in [2.24, 2.45) is 7.05 Å². The van der Waals surface area contributed by atoms with Crippen LogP contribution < -0.4 is 10.1 Å². The molecule has 0 aliphatic carbocycles. The predicted octanol–water partition coefficient (Wildman–Crippen LogP) is 2.99. The molecule has 0 saturated heterocycles. The largest absolute Gasteiger partial charge is 0.434 e. The van der Waals surface area contributed by atoms with Crippen LogP contribution in [0.5, 0.6) is 11.6 Å². The Hall–Kier alpha value is -1.59. The average Bonchev–Trinajstić information content (AvgIpc) is 2.65. The van der Waals surface area contributed by atoms with E-state index in [4.69, 9.17) is 16.3 Å². The van der Waals surface area contributed by atoms with Gasteiger partial charge in [0.15, 0.2) is 5.75 Å². The van der Waals surface area contributed by atoms with Crippen LogP contribution in [0.1, 0.15) is 23.9 Å². The number of pyridine rings is 1. The summed E-state index contributed by atoms with van der Waals surface area (Å²) in [5, 5.41) is 8.04. The van der Waals surface area contributed by atoms with Crippen LogP contribution in [0.25, 0.3) is 0 Å². The van der Waals surface area contributed by atoms with Gasteiger partial charge in [0, 0.05) is 19.8 Å². The molecule has 2 rings (SSSR count). The third-order valence-corrected chi connectivity index (χ3v) is 3.36. The van der Waals surface area contributed by atoms with E-state index >= 15 is 0 Å². The van der Waals surface area contributed by atoms with Gasteiger partial charge in [0.2, 0.25) is 5.88 Å². The lowest BCUT2D eigenvalue weighted by Crippen LogP contribution is -2.11. The van der Waals surface area contributed by atoms with Crippen molar-refractivity contribution in [2.75, 3.05) is 6.54 Å². The summed E-state index contributed by atoms with van der Waals surface area (Å²) in [5.74, 6) is 1.12. The fourth-order valence-electron chi connectivity index (χ4n) is 1.90. The van der Waals surface area contributed by atoms with Gasteiger partial charge in [-0.25, -0.2) is 4.98 Å². The number of ether oxygens (including phenoxy) is 1. The Morgan fingerprint density at radius 1 is 1.40 bits per heavy atom. The third kappa shape index (κ3) is 3.11. The SMILES string of the molecule is CCNCc1cnc(Oc2c(C)nn(C)c2C)c(Cl)c1. The molecule has 6 heteroatoms. The van der Waals surface area contributed by atoms with E-state index < -0.39 is 0 Å². The quantitative estimate of drug-likeness (QED) is 0.921. The molecule has 0 bridgehead atoms. The van der Waals surface area contributed by atoms with Crippen LogP contribution in [-0.2, 0) is 13.6 Å². The van der Waals surface area contributed by atoms with Gasteiger partial charge in [-0.3, -0.25) is 4.68 Å². The maximum atomic E-state index is 6.23. The Morgan fingerprint density at radius 2 is 2.15 bits per heavy atom. The average molecular weight is 295 g/mol. The topological polar surface area (TPSA) is 52.0 Å². The van der Waals surface area contributed by atoms with Crippen molar-refractivity contribution >= 4 is 11.6 Å². The Balaban J connectivity index is 2.21. The smallest absolute Gasteiger partial charge is 0.238 e. The molecule has 0 unspecified atom stereocenters. The first-order valence-corrected chi connectivity index (χ1v) is 6.94. The summed E-state index contributed by atoms with van der Waals surface area (Å²) < 4.78 is 7.58. The number of hydrogen-bond donors (Lipinski definition) is 1. The number of nitrogens with one attached hydrogen (secondary N) is 1. The van der Waals surface area contributed by atoms with Gasteiger partial charge in [0.25, 0.3) is 0 Å². The van der Waals surface area contributed by atoms with Crippen molar-refractivity contribution in [3.63, 3.8) is 0 Å². The van der Waals surface area contributed by atoms with Crippen LogP contribution in [0.3, 0.4) is 0 Å². The maximum Gasteiger partial charge on any atom is 0.238 e. The first-order chi connectivity index (χ1) is 9.52. The van der Waals surface area contributed by atoms with Gasteiger partial charge in [0.1, 0.15) is 10.7 Å². The first-order valence-electron chi connectivity index (χ1n) is 6.56. The van der Waals surface area contributed by atoms with Crippen LogP contribution >= 0.6 is 11.6 Å². The third-order valence-electron chi connectivity index (χ3n) is 3.08.